The van der Waals surface area contributed by atoms with Gasteiger partial charge in [-0.25, -0.2) is 0 Å². The molecule has 1 aliphatic rings. The molecule has 1 fully saturated rings. The van der Waals surface area contributed by atoms with Crippen molar-refractivity contribution in [2.24, 2.45) is 5.92 Å². The van der Waals surface area contributed by atoms with E-state index in [1.807, 2.05) is 43.0 Å². The number of benzene rings is 2. The summed E-state index contributed by atoms with van der Waals surface area (Å²) < 4.78 is 5.92. The fraction of sp³-hybridized carbons (Fsp3) is 0.391. The number of rotatable bonds is 6. The largest absolute Gasteiger partial charge is 0.493 e. The standard InChI is InChI=1S/C23H27ClN2O3/c1-16(2)25-22(27)18-9-11-19(12-10-18)29-15-17-6-5-13-26(14-17)23(28)20-7-3-4-8-21(20)24/h3-4,7-12,16-17H,5-6,13-15H2,1-2H3,(H,25,27)/t17-/m1/s1. The third-order valence-electron chi connectivity index (χ3n) is 4.93. The molecule has 2 aromatic carbocycles. The molecule has 0 bridgehead atoms. The van der Waals surface area contributed by atoms with Crippen LogP contribution in [0.25, 0.3) is 0 Å². The van der Waals surface area contributed by atoms with Gasteiger partial charge in [-0.15, -0.1) is 0 Å². The van der Waals surface area contributed by atoms with Gasteiger partial charge >= 0.3 is 0 Å². The summed E-state index contributed by atoms with van der Waals surface area (Å²) in [6.45, 7) is 5.78. The van der Waals surface area contributed by atoms with Crippen LogP contribution in [0.15, 0.2) is 48.5 Å². The summed E-state index contributed by atoms with van der Waals surface area (Å²) >= 11 is 6.18. The van der Waals surface area contributed by atoms with Crippen molar-refractivity contribution in [3.63, 3.8) is 0 Å². The first-order valence-corrected chi connectivity index (χ1v) is 10.4. The van der Waals surface area contributed by atoms with Gasteiger partial charge in [0.25, 0.3) is 11.8 Å². The molecule has 1 atom stereocenters. The number of nitrogens with zero attached hydrogens (tertiary/aromatic N) is 1. The zero-order valence-corrected chi connectivity index (χ0v) is 17.6. The highest BCUT2D eigenvalue weighted by molar-refractivity contribution is 6.33. The SMILES string of the molecule is CC(C)NC(=O)c1ccc(OC[C@@H]2CCCN(C(=O)c3ccccc3Cl)C2)cc1. The maximum absolute atomic E-state index is 12.8. The lowest BCUT2D eigenvalue weighted by Gasteiger charge is -2.33. The third-order valence-corrected chi connectivity index (χ3v) is 5.26. The maximum Gasteiger partial charge on any atom is 0.255 e. The minimum absolute atomic E-state index is 0.0270. The molecule has 0 aromatic heterocycles. The molecular weight excluding hydrogens is 388 g/mol. The van der Waals surface area contributed by atoms with Crippen molar-refractivity contribution >= 4 is 23.4 Å². The number of nitrogens with one attached hydrogen (secondary N) is 1. The second-order valence-corrected chi connectivity index (χ2v) is 8.11. The quantitative estimate of drug-likeness (QED) is 0.761. The van der Waals surface area contributed by atoms with Gasteiger partial charge in [0.2, 0.25) is 0 Å². The predicted octanol–water partition coefficient (Wildman–Crippen LogP) is 4.41. The van der Waals surface area contributed by atoms with E-state index in [-0.39, 0.29) is 23.8 Å². The van der Waals surface area contributed by atoms with E-state index in [4.69, 9.17) is 16.3 Å². The number of amides is 2. The smallest absolute Gasteiger partial charge is 0.255 e. The first-order chi connectivity index (χ1) is 13.9. The topological polar surface area (TPSA) is 58.6 Å². The molecule has 6 heteroatoms. The molecule has 0 aliphatic carbocycles. The molecule has 1 N–H and O–H groups in total. The van der Waals surface area contributed by atoms with E-state index in [9.17, 15) is 9.59 Å². The highest BCUT2D eigenvalue weighted by Crippen LogP contribution is 2.23. The fourth-order valence-electron chi connectivity index (χ4n) is 3.45. The molecule has 5 nitrogen and oxygen atoms in total. The first-order valence-electron chi connectivity index (χ1n) is 10.0. The summed E-state index contributed by atoms with van der Waals surface area (Å²) in [6, 6.07) is 14.4. The van der Waals surface area contributed by atoms with Gasteiger partial charge in [0.1, 0.15) is 5.75 Å². The number of carbonyl (C=O) groups is 2. The Kier molecular flexibility index (Phi) is 7.15. The second kappa shape index (κ2) is 9.79. The van der Waals surface area contributed by atoms with E-state index in [0.29, 0.717) is 29.3 Å². The van der Waals surface area contributed by atoms with Gasteiger partial charge in [-0.1, -0.05) is 23.7 Å². The number of hydrogen-bond donors (Lipinski definition) is 1. The Hall–Kier alpha value is -2.53. The highest BCUT2D eigenvalue weighted by atomic mass is 35.5. The third kappa shape index (κ3) is 5.73. The minimum atomic E-state index is -0.0902. The Morgan fingerprint density at radius 1 is 1.17 bits per heavy atom. The van der Waals surface area contributed by atoms with Crippen LogP contribution in [0.4, 0.5) is 0 Å². The first kappa shape index (κ1) is 21.2. The van der Waals surface area contributed by atoms with E-state index in [2.05, 4.69) is 5.32 Å². The van der Waals surface area contributed by atoms with Gasteiger partial charge in [-0.3, -0.25) is 9.59 Å². The lowest BCUT2D eigenvalue weighted by molar-refractivity contribution is 0.0633. The summed E-state index contributed by atoms with van der Waals surface area (Å²) in [5.41, 5.74) is 1.16. The minimum Gasteiger partial charge on any atom is -0.493 e. The number of ether oxygens (including phenoxy) is 1. The van der Waals surface area contributed by atoms with Gasteiger partial charge < -0.3 is 15.0 Å². The lowest BCUT2D eigenvalue weighted by Crippen LogP contribution is -2.41. The van der Waals surface area contributed by atoms with Crippen LogP contribution in [0.3, 0.4) is 0 Å². The Bertz CT molecular complexity index is 851. The van der Waals surface area contributed by atoms with Crippen molar-refractivity contribution in [1.29, 1.82) is 0 Å². The predicted molar refractivity (Wildman–Crippen MR) is 115 cm³/mol. The average Bonchev–Trinajstić information content (AvgIpc) is 2.72. The molecule has 154 valence electrons. The van der Waals surface area contributed by atoms with Gasteiger partial charge in [0, 0.05) is 30.6 Å². The van der Waals surface area contributed by atoms with Crippen molar-refractivity contribution in [3.8, 4) is 5.75 Å². The monoisotopic (exact) mass is 414 g/mol. The van der Waals surface area contributed by atoms with Gasteiger partial charge in [0.15, 0.2) is 0 Å². The zero-order valence-electron chi connectivity index (χ0n) is 16.9. The van der Waals surface area contributed by atoms with Crippen molar-refractivity contribution in [3.05, 3.63) is 64.7 Å². The Labute approximate surface area is 177 Å². The van der Waals surface area contributed by atoms with Gasteiger partial charge in [-0.2, -0.15) is 0 Å². The molecule has 2 amide bonds. The van der Waals surface area contributed by atoms with Crippen LogP contribution in [0.5, 0.6) is 5.75 Å². The zero-order chi connectivity index (χ0) is 20.8. The number of hydrogen-bond acceptors (Lipinski definition) is 3. The fourth-order valence-corrected chi connectivity index (χ4v) is 3.67. The van der Waals surface area contributed by atoms with Crippen LogP contribution in [0, 0.1) is 5.92 Å². The maximum atomic E-state index is 12.8. The molecule has 29 heavy (non-hydrogen) atoms. The second-order valence-electron chi connectivity index (χ2n) is 7.70. The number of piperidine rings is 1. The average molecular weight is 415 g/mol. The van der Waals surface area contributed by atoms with Crippen LogP contribution >= 0.6 is 11.6 Å². The van der Waals surface area contributed by atoms with Gasteiger partial charge in [-0.05, 0) is 63.1 Å². The van der Waals surface area contributed by atoms with Gasteiger partial charge in [0.05, 0.1) is 17.2 Å². The van der Waals surface area contributed by atoms with E-state index in [1.165, 1.54) is 0 Å². The summed E-state index contributed by atoms with van der Waals surface area (Å²) in [6.07, 6.45) is 1.96. The van der Waals surface area contributed by atoms with E-state index in [0.717, 1.165) is 25.1 Å². The molecule has 3 rings (SSSR count). The van der Waals surface area contributed by atoms with E-state index < -0.39 is 0 Å². The molecule has 1 saturated heterocycles. The molecule has 1 heterocycles. The van der Waals surface area contributed by atoms with Crippen molar-refractivity contribution in [2.45, 2.75) is 32.7 Å². The highest BCUT2D eigenvalue weighted by Gasteiger charge is 2.26. The summed E-state index contributed by atoms with van der Waals surface area (Å²) in [7, 11) is 0. The Morgan fingerprint density at radius 3 is 2.59 bits per heavy atom. The van der Waals surface area contributed by atoms with Crippen LogP contribution in [0.2, 0.25) is 5.02 Å². The molecule has 0 radical (unpaired) electrons. The molecule has 0 unspecified atom stereocenters. The molecule has 1 aliphatic heterocycles. The molecule has 2 aromatic rings. The summed E-state index contributed by atoms with van der Waals surface area (Å²) in [5.74, 6) is 0.869. The van der Waals surface area contributed by atoms with Crippen LogP contribution < -0.4 is 10.1 Å². The van der Waals surface area contributed by atoms with Crippen molar-refractivity contribution in [2.75, 3.05) is 19.7 Å². The Morgan fingerprint density at radius 2 is 1.90 bits per heavy atom. The molecule has 0 spiro atoms. The molecular formula is C23H27ClN2O3. The number of carbonyl (C=O) groups excluding carboxylic acids is 2. The Balaban J connectivity index is 1.54. The molecule has 0 saturated carbocycles. The number of halogens is 1. The number of likely N-dealkylation sites (tertiary alicyclic amines) is 1. The van der Waals surface area contributed by atoms with Crippen molar-refractivity contribution < 1.29 is 14.3 Å². The lowest BCUT2D eigenvalue weighted by atomic mass is 9.98. The van der Waals surface area contributed by atoms with Crippen molar-refractivity contribution in [1.82, 2.24) is 10.2 Å². The summed E-state index contributed by atoms with van der Waals surface area (Å²) in [5, 5.41) is 3.35. The van der Waals surface area contributed by atoms with Crippen LogP contribution in [0.1, 0.15) is 47.4 Å². The van der Waals surface area contributed by atoms with E-state index >= 15 is 0 Å². The van der Waals surface area contributed by atoms with Crippen LogP contribution in [-0.4, -0.2) is 42.5 Å². The van der Waals surface area contributed by atoms with Crippen LogP contribution in [-0.2, 0) is 0 Å². The van der Waals surface area contributed by atoms with E-state index in [1.54, 1.807) is 24.3 Å². The summed E-state index contributed by atoms with van der Waals surface area (Å²) in [4.78, 5) is 26.7. The normalized spacial score (nSPS) is 16.6.